The Labute approximate surface area is 143 Å². The van der Waals surface area contributed by atoms with E-state index in [1.54, 1.807) is 24.3 Å². The number of ether oxygens (including phenoxy) is 1. The molecule has 0 saturated heterocycles. The van der Waals surface area contributed by atoms with Crippen LogP contribution in [0.2, 0.25) is 5.02 Å². The molecule has 0 fully saturated rings. The van der Waals surface area contributed by atoms with Crippen LogP contribution in [0.25, 0.3) is 0 Å². The molecule has 2 aromatic carbocycles. The zero-order valence-electron chi connectivity index (χ0n) is 12.9. The molecule has 1 amide bonds. The third-order valence-electron chi connectivity index (χ3n) is 3.00. The number of nitro benzene ring substituents is 1. The number of nitrogens with one attached hydrogen (secondary N) is 1. The Morgan fingerprint density at radius 1 is 1.29 bits per heavy atom. The molecule has 2 aromatic rings. The molecule has 0 spiro atoms. The van der Waals surface area contributed by atoms with E-state index in [2.05, 4.69) is 11.9 Å². The van der Waals surface area contributed by atoms with Crippen LogP contribution in [-0.4, -0.2) is 17.4 Å². The van der Waals surface area contributed by atoms with Gasteiger partial charge < -0.3 is 10.1 Å². The lowest BCUT2D eigenvalue weighted by Crippen LogP contribution is -2.12. The maximum atomic E-state index is 12.2. The van der Waals surface area contributed by atoms with E-state index in [1.807, 2.05) is 6.92 Å². The second-order valence-corrected chi connectivity index (χ2v) is 5.55. The van der Waals surface area contributed by atoms with E-state index >= 15 is 0 Å². The number of hydrogen-bond donors (Lipinski definition) is 1. The summed E-state index contributed by atoms with van der Waals surface area (Å²) in [4.78, 5) is 22.4. The molecule has 2 rings (SSSR count). The van der Waals surface area contributed by atoms with Gasteiger partial charge in [-0.1, -0.05) is 18.2 Å². The number of nitrogens with zero attached hydrogens (tertiary/aromatic N) is 1. The Morgan fingerprint density at radius 2 is 1.96 bits per heavy atom. The van der Waals surface area contributed by atoms with Crippen molar-refractivity contribution in [3.8, 4) is 5.75 Å². The standard InChI is InChI=1S/C17H15ClN2O4/c1-11(2)10-24-14-6-3-12(4-7-14)17(21)19-13-5-8-15(18)16(9-13)20(22)23/h3-9H,1,10H2,2H3,(H,19,21). The molecule has 0 aromatic heterocycles. The van der Waals surface area contributed by atoms with Crippen molar-refractivity contribution >= 4 is 28.9 Å². The van der Waals surface area contributed by atoms with Crippen LogP contribution in [0, 0.1) is 10.1 Å². The van der Waals surface area contributed by atoms with Gasteiger partial charge in [0.25, 0.3) is 11.6 Å². The minimum absolute atomic E-state index is 0.0111. The number of benzene rings is 2. The van der Waals surface area contributed by atoms with Gasteiger partial charge in [-0.15, -0.1) is 0 Å². The summed E-state index contributed by atoms with van der Waals surface area (Å²) in [7, 11) is 0. The van der Waals surface area contributed by atoms with Crippen LogP contribution >= 0.6 is 11.6 Å². The smallest absolute Gasteiger partial charge is 0.289 e. The molecule has 7 heteroatoms. The zero-order chi connectivity index (χ0) is 17.7. The molecule has 0 radical (unpaired) electrons. The third-order valence-corrected chi connectivity index (χ3v) is 3.32. The lowest BCUT2D eigenvalue weighted by atomic mass is 10.2. The average molecular weight is 347 g/mol. The Kier molecular flexibility index (Phi) is 5.55. The minimum Gasteiger partial charge on any atom is -0.489 e. The molecular formula is C17H15ClN2O4. The average Bonchev–Trinajstić information content (AvgIpc) is 2.54. The Hall–Kier alpha value is -2.86. The van der Waals surface area contributed by atoms with Gasteiger partial charge in [0.05, 0.1) is 4.92 Å². The summed E-state index contributed by atoms with van der Waals surface area (Å²) in [5.74, 6) is 0.231. The van der Waals surface area contributed by atoms with E-state index in [0.29, 0.717) is 23.6 Å². The maximum Gasteiger partial charge on any atom is 0.289 e. The lowest BCUT2D eigenvalue weighted by molar-refractivity contribution is -0.384. The fourth-order valence-electron chi connectivity index (χ4n) is 1.84. The van der Waals surface area contributed by atoms with Gasteiger partial charge in [-0.05, 0) is 48.9 Å². The quantitative estimate of drug-likeness (QED) is 0.475. The summed E-state index contributed by atoms with van der Waals surface area (Å²) >= 11 is 5.74. The van der Waals surface area contributed by atoms with Gasteiger partial charge in [-0.3, -0.25) is 14.9 Å². The number of carbonyl (C=O) groups is 1. The predicted molar refractivity (Wildman–Crippen MR) is 92.8 cm³/mol. The molecule has 0 saturated carbocycles. The van der Waals surface area contributed by atoms with Crippen LogP contribution in [0.5, 0.6) is 5.75 Å². The van der Waals surface area contributed by atoms with Gasteiger partial charge in [-0.2, -0.15) is 0 Å². The van der Waals surface area contributed by atoms with Crippen LogP contribution in [-0.2, 0) is 0 Å². The largest absolute Gasteiger partial charge is 0.489 e. The first-order chi connectivity index (χ1) is 11.4. The number of nitro groups is 1. The first kappa shape index (κ1) is 17.5. The number of amides is 1. The maximum absolute atomic E-state index is 12.2. The Morgan fingerprint density at radius 3 is 2.54 bits per heavy atom. The van der Waals surface area contributed by atoms with E-state index in [4.69, 9.17) is 16.3 Å². The third kappa shape index (κ3) is 4.57. The molecule has 0 aliphatic rings. The van der Waals surface area contributed by atoms with Crippen molar-refractivity contribution in [1.82, 2.24) is 0 Å². The van der Waals surface area contributed by atoms with E-state index in [1.165, 1.54) is 18.2 Å². The summed E-state index contributed by atoms with van der Waals surface area (Å²) < 4.78 is 5.45. The highest BCUT2D eigenvalue weighted by atomic mass is 35.5. The van der Waals surface area contributed by atoms with E-state index in [-0.39, 0.29) is 10.7 Å². The first-order valence-electron chi connectivity index (χ1n) is 6.99. The van der Waals surface area contributed by atoms with Gasteiger partial charge in [0.2, 0.25) is 0 Å². The van der Waals surface area contributed by atoms with Crippen LogP contribution in [0.4, 0.5) is 11.4 Å². The molecule has 0 atom stereocenters. The van der Waals surface area contributed by atoms with Gasteiger partial charge in [0.15, 0.2) is 0 Å². The Bertz CT molecular complexity index is 788. The molecule has 0 unspecified atom stereocenters. The van der Waals surface area contributed by atoms with E-state index in [9.17, 15) is 14.9 Å². The minimum atomic E-state index is -0.605. The second kappa shape index (κ2) is 7.61. The summed E-state index contributed by atoms with van der Waals surface area (Å²) in [5, 5.41) is 13.5. The molecule has 0 bridgehead atoms. The summed E-state index contributed by atoms with van der Waals surface area (Å²) in [6, 6.07) is 10.6. The van der Waals surface area contributed by atoms with Gasteiger partial charge in [0.1, 0.15) is 17.4 Å². The zero-order valence-corrected chi connectivity index (χ0v) is 13.7. The molecule has 1 N–H and O–H groups in total. The van der Waals surface area contributed by atoms with Crippen LogP contribution in [0.15, 0.2) is 54.6 Å². The molecule has 0 aliphatic heterocycles. The second-order valence-electron chi connectivity index (χ2n) is 5.15. The summed E-state index contributed by atoms with van der Waals surface area (Å²) in [6.45, 7) is 6.00. The highest BCUT2D eigenvalue weighted by Gasteiger charge is 2.14. The van der Waals surface area contributed by atoms with Crippen molar-refractivity contribution in [1.29, 1.82) is 0 Å². The number of anilines is 1. The van der Waals surface area contributed by atoms with Crippen molar-refractivity contribution in [3.05, 3.63) is 75.3 Å². The van der Waals surface area contributed by atoms with Crippen LogP contribution in [0.3, 0.4) is 0 Å². The Balaban J connectivity index is 2.08. The SMILES string of the molecule is C=C(C)COc1ccc(C(=O)Nc2ccc(Cl)c([N+](=O)[O-])c2)cc1. The summed E-state index contributed by atoms with van der Waals surface area (Å²) in [6.07, 6.45) is 0. The van der Waals surface area contributed by atoms with E-state index in [0.717, 1.165) is 5.57 Å². The summed E-state index contributed by atoms with van der Waals surface area (Å²) in [5.41, 5.74) is 1.31. The van der Waals surface area contributed by atoms with Gasteiger partial charge in [0, 0.05) is 17.3 Å². The normalized spacial score (nSPS) is 10.1. The molecular weight excluding hydrogens is 332 g/mol. The van der Waals surface area contributed by atoms with Gasteiger partial charge in [-0.25, -0.2) is 0 Å². The molecule has 124 valence electrons. The highest BCUT2D eigenvalue weighted by Crippen LogP contribution is 2.27. The number of carbonyl (C=O) groups excluding carboxylic acids is 1. The lowest BCUT2D eigenvalue weighted by Gasteiger charge is -2.08. The van der Waals surface area contributed by atoms with Gasteiger partial charge >= 0.3 is 0 Å². The van der Waals surface area contributed by atoms with Crippen molar-refractivity contribution in [2.45, 2.75) is 6.92 Å². The van der Waals surface area contributed by atoms with Crippen LogP contribution in [0.1, 0.15) is 17.3 Å². The fourth-order valence-corrected chi connectivity index (χ4v) is 2.03. The first-order valence-corrected chi connectivity index (χ1v) is 7.37. The molecule has 0 heterocycles. The van der Waals surface area contributed by atoms with E-state index < -0.39 is 10.8 Å². The monoisotopic (exact) mass is 346 g/mol. The van der Waals surface area contributed by atoms with Crippen molar-refractivity contribution in [3.63, 3.8) is 0 Å². The van der Waals surface area contributed by atoms with Crippen LogP contribution < -0.4 is 10.1 Å². The van der Waals surface area contributed by atoms with Crippen molar-refractivity contribution < 1.29 is 14.5 Å². The fraction of sp³-hybridized carbons (Fsp3) is 0.118. The van der Waals surface area contributed by atoms with Crippen molar-refractivity contribution in [2.24, 2.45) is 0 Å². The number of hydrogen-bond acceptors (Lipinski definition) is 4. The van der Waals surface area contributed by atoms with Crippen molar-refractivity contribution in [2.75, 3.05) is 11.9 Å². The predicted octanol–water partition coefficient (Wildman–Crippen LogP) is 4.46. The number of halogens is 1. The topological polar surface area (TPSA) is 81.5 Å². The molecule has 24 heavy (non-hydrogen) atoms. The highest BCUT2D eigenvalue weighted by molar-refractivity contribution is 6.32. The number of rotatable bonds is 6. The molecule has 0 aliphatic carbocycles. The molecule has 6 nitrogen and oxygen atoms in total.